The lowest BCUT2D eigenvalue weighted by molar-refractivity contribution is -0.126. The lowest BCUT2D eigenvalue weighted by Gasteiger charge is -2.57. The van der Waals surface area contributed by atoms with Gasteiger partial charge in [0, 0.05) is 12.6 Å². The van der Waals surface area contributed by atoms with Crippen molar-refractivity contribution < 1.29 is 4.79 Å². The third kappa shape index (κ3) is 2.53. The summed E-state index contributed by atoms with van der Waals surface area (Å²) in [5.74, 6) is 2.67. The van der Waals surface area contributed by atoms with E-state index in [1.807, 2.05) is 6.92 Å². The molecule has 4 aliphatic carbocycles. The molecule has 6 nitrogen and oxygen atoms in total. The molecule has 4 aliphatic rings. The summed E-state index contributed by atoms with van der Waals surface area (Å²) < 4.78 is 1.61. The van der Waals surface area contributed by atoms with Crippen LogP contribution in [0.15, 0.2) is 5.16 Å². The van der Waals surface area contributed by atoms with Gasteiger partial charge in [0.15, 0.2) is 0 Å². The quantitative estimate of drug-likeness (QED) is 0.856. The number of nitrogens with zero attached hydrogens (tertiary/aromatic N) is 4. The van der Waals surface area contributed by atoms with E-state index in [1.54, 1.807) is 11.7 Å². The summed E-state index contributed by atoms with van der Waals surface area (Å²) in [7, 11) is 1.80. The van der Waals surface area contributed by atoms with Crippen molar-refractivity contribution in [2.45, 2.75) is 61.4 Å². The molecule has 0 aromatic carbocycles. The van der Waals surface area contributed by atoms with Crippen molar-refractivity contribution in [2.75, 3.05) is 0 Å². The number of carbonyl (C=O) groups excluding carboxylic acids is 1. The zero-order valence-electron chi connectivity index (χ0n) is 13.2. The van der Waals surface area contributed by atoms with Crippen molar-refractivity contribution >= 4 is 17.7 Å². The van der Waals surface area contributed by atoms with Crippen LogP contribution in [0.25, 0.3) is 0 Å². The molecular weight excluding hydrogens is 298 g/mol. The van der Waals surface area contributed by atoms with Crippen molar-refractivity contribution in [2.24, 2.45) is 24.8 Å². The lowest BCUT2D eigenvalue weighted by Crippen LogP contribution is -2.60. The summed E-state index contributed by atoms with van der Waals surface area (Å²) in [6, 6.07) is 0. The molecule has 1 N–H and O–H groups in total. The number of tetrazole rings is 1. The number of hydrogen-bond acceptors (Lipinski definition) is 5. The first kappa shape index (κ1) is 14.5. The Hall–Kier alpha value is -1.11. The molecule has 22 heavy (non-hydrogen) atoms. The standard InChI is InChI=1S/C15H23N5OS/c1-9(22-14-17-18-19-20(14)2)13(21)16-15-6-10-3-11(7-15)5-12(4-10)8-15/h9-12H,3-8H2,1-2H3,(H,16,21)/t9-,10?,11?,12?,15?/m1/s1. The Labute approximate surface area is 134 Å². The molecular formula is C15H23N5OS. The summed E-state index contributed by atoms with van der Waals surface area (Å²) >= 11 is 1.43. The number of rotatable bonds is 4. The number of nitrogens with one attached hydrogen (secondary N) is 1. The molecule has 1 amide bonds. The van der Waals surface area contributed by atoms with E-state index in [0.717, 1.165) is 17.8 Å². The Morgan fingerprint density at radius 1 is 1.27 bits per heavy atom. The summed E-state index contributed by atoms with van der Waals surface area (Å²) in [6.07, 6.45) is 7.74. The van der Waals surface area contributed by atoms with Gasteiger partial charge in [-0.05, 0) is 73.6 Å². The number of amides is 1. The summed E-state index contributed by atoms with van der Waals surface area (Å²) in [5, 5.41) is 15.3. The Morgan fingerprint density at radius 3 is 2.36 bits per heavy atom. The van der Waals surface area contributed by atoms with Gasteiger partial charge in [0.05, 0.1) is 5.25 Å². The Balaban J connectivity index is 1.42. The molecule has 1 heterocycles. The molecule has 0 radical (unpaired) electrons. The molecule has 1 aromatic rings. The van der Waals surface area contributed by atoms with Crippen LogP contribution >= 0.6 is 11.8 Å². The highest BCUT2D eigenvalue weighted by Gasteiger charge is 2.51. The number of aromatic nitrogens is 4. The van der Waals surface area contributed by atoms with E-state index < -0.39 is 0 Å². The Bertz CT molecular complexity index is 551. The second kappa shape index (κ2) is 5.22. The fourth-order valence-corrected chi connectivity index (χ4v) is 5.91. The lowest BCUT2D eigenvalue weighted by atomic mass is 9.53. The smallest absolute Gasteiger partial charge is 0.233 e. The number of hydrogen-bond donors (Lipinski definition) is 1. The Morgan fingerprint density at radius 2 is 1.86 bits per heavy atom. The van der Waals surface area contributed by atoms with E-state index in [-0.39, 0.29) is 16.7 Å². The maximum atomic E-state index is 12.7. The Kier molecular flexibility index (Phi) is 3.43. The molecule has 0 aliphatic heterocycles. The third-order valence-corrected chi connectivity index (χ3v) is 6.78. The van der Waals surface area contributed by atoms with Crippen LogP contribution in [-0.4, -0.2) is 36.9 Å². The van der Waals surface area contributed by atoms with Gasteiger partial charge in [0.2, 0.25) is 11.1 Å². The first-order valence-electron chi connectivity index (χ1n) is 8.24. The number of thioether (sulfide) groups is 1. The van der Waals surface area contributed by atoms with Gasteiger partial charge < -0.3 is 5.32 Å². The van der Waals surface area contributed by atoms with Crippen molar-refractivity contribution in [1.82, 2.24) is 25.5 Å². The molecule has 7 heteroatoms. The second-order valence-electron chi connectivity index (χ2n) is 7.53. The summed E-state index contributed by atoms with van der Waals surface area (Å²) in [6.45, 7) is 1.94. The van der Waals surface area contributed by atoms with Crippen LogP contribution in [0.5, 0.6) is 0 Å². The van der Waals surface area contributed by atoms with E-state index in [4.69, 9.17) is 0 Å². The normalized spacial score (nSPS) is 37.3. The fraction of sp³-hybridized carbons (Fsp3) is 0.867. The van der Waals surface area contributed by atoms with Gasteiger partial charge in [0.25, 0.3) is 0 Å². The van der Waals surface area contributed by atoms with Gasteiger partial charge in [-0.3, -0.25) is 4.79 Å². The molecule has 4 fully saturated rings. The minimum absolute atomic E-state index is 0.0821. The highest BCUT2D eigenvalue weighted by Crippen LogP contribution is 2.55. The molecule has 0 saturated heterocycles. The molecule has 4 bridgehead atoms. The van der Waals surface area contributed by atoms with Crippen LogP contribution in [-0.2, 0) is 11.8 Å². The van der Waals surface area contributed by atoms with Gasteiger partial charge >= 0.3 is 0 Å². The van der Waals surface area contributed by atoms with Crippen LogP contribution in [0.4, 0.5) is 0 Å². The van der Waals surface area contributed by atoms with E-state index >= 15 is 0 Å². The molecule has 0 unspecified atom stereocenters. The monoisotopic (exact) mass is 321 g/mol. The third-order valence-electron chi connectivity index (χ3n) is 5.66. The number of carbonyl (C=O) groups is 1. The molecule has 1 atom stereocenters. The number of aryl methyl sites for hydroxylation is 1. The molecule has 120 valence electrons. The fourth-order valence-electron chi connectivity index (χ4n) is 5.16. The van der Waals surface area contributed by atoms with Gasteiger partial charge in [-0.25, -0.2) is 4.68 Å². The average molecular weight is 321 g/mol. The van der Waals surface area contributed by atoms with E-state index in [2.05, 4.69) is 20.8 Å². The highest BCUT2D eigenvalue weighted by molar-refractivity contribution is 8.00. The predicted octanol–water partition coefficient (Wildman–Crippen LogP) is 1.78. The second-order valence-corrected chi connectivity index (χ2v) is 8.84. The van der Waals surface area contributed by atoms with Gasteiger partial charge in [-0.15, -0.1) is 5.10 Å². The minimum Gasteiger partial charge on any atom is -0.350 e. The predicted molar refractivity (Wildman–Crippen MR) is 83.2 cm³/mol. The van der Waals surface area contributed by atoms with Crippen molar-refractivity contribution in [3.8, 4) is 0 Å². The van der Waals surface area contributed by atoms with Crippen LogP contribution in [0.2, 0.25) is 0 Å². The van der Waals surface area contributed by atoms with Crippen LogP contribution in [0, 0.1) is 17.8 Å². The summed E-state index contributed by atoms with van der Waals surface area (Å²) in [5.41, 5.74) is 0.0821. The van der Waals surface area contributed by atoms with Crippen molar-refractivity contribution in [3.05, 3.63) is 0 Å². The zero-order chi connectivity index (χ0) is 15.3. The topological polar surface area (TPSA) is 72.7 Å². The van der Waals surface area contributed by atoms with Gasteiger partial charge in [-0.2, -0.15) is 0 Å². The first-order valence-corrected chi connectivity index (χ1v) is 9.12. The van der Waals surface area contributed by atoms with Crippen LogP contribution in [0.1, 0.15) is 45.4 Å². The van der Waals surface area contributed by atoms with Crippen LogP contribution in [0.3, 0.4) is 0 Å². The highest BCUT2D eigenvalue weighted by atomic mass is 32.2. The van der Waals surface area contributed by atoms with E-state index in [9.17, 15) is 4.79 Å². The summed E-state index contributed by atoms with van der Waals surface area (Å²) in [4.78, 5) is 12.7. The van der Waals surface area contributed by atoms with Crippen LogP contribution < -0.4 is 5.32 Å². The van der Waals surface area contributed by atoms with Crippen molar-refractivity contribution in [3.63, 3.8) is 0 Å². The zero-order valence-corrected chi connectivity index (χ0v) is 14.0. The molecule has 4 saturated carbocycles. The average Bonchev–Trinajstić information content (AvgIpc) is 2.82. The van der Waals surface area contributed by atoms with Gasteiger partial charge in [0.1, 0.15) is 0 Å². The molecule has 0 spiro atoms. The molecule has 5 rings (SSSR count). The SMILES string of the molecule is C[C@@H](Sc1nnnn1C)C(=O)NC12CC3CC(CC(C3)C1)C2. The van der Waals surface area contributed by atoms with Gasteiger partial charge in [-0.1, -0.05) is 11.8 Å². The molecule has 1 aromatic heterocycles. The maximum Gasteiger partial charge on any atom is 0.233 e. The largest absolute Gasteiger partial charge is 0.350 e. The maximum absolute atomic E-state index is 12.7. The van der Waals surface area contributed by atoms with E-state index in [1.165, 1.54) is 50.3 Å². The van der Waals surface area contributed by atoms with E-state index in [0.29, 0.717) is 5.16 Å². The minimum atomic E-state index is -0.169. The van der Waals surface area contributed by atoms with Crippen molar-refractivity contribution in [1.29, 1.82) is 0 Å². The first-order chi connectivity index (χ1) is 10.5.